The Kier molecular flexibility index (Phi) is 5.10. The number of carboxylic acid groups (broad SMARTS) is 1. The molecule has 2 aromatic carbocycles. The zero-order chi connectivity index (χ0) is 16.8. The number of carbonyl (C=O) groups is 2. The molecule has 0 unspecified atom stereocenters. The molecular weight excluding hydrogens is 292 g/mol. The van der Waals surface area contributed by atoms with E-state index in [1.165, 1.54) is 0 Å². The summed E-state index contributed by atoms with van der Waals surface area (Å²) in [7, 11) is 0. The average Bonchev–Trinajstić information content (AvgIpc) is 2.54. The first-order chi connectivity index (χ1) is 11.0. The van der Waals surface area contributed by atoms with Gasteiger partial charge in [0, 0.05) is 11.6 Å². The number of carboxylic acids is 1. The van der Waals surface area contributed by atoms with Gasteiger partial charge < -0.3 is 10.2 Å². The molecule has 0 saturated carbocycles. The summed E-state index contributed by atoms with van der Waals surface area (Å²) in [6, 6.07) is 15.0. The minimum Gasteiger partial charge on any atom is -0.507 e. The van der Waals surface area contributed by atoms with Gasteiger partial charge in [0.1, 0.15) is 5.76 Å². The zero-order valence-electron chi connectivity index (χ0n) is 12.6. The van der Waals surface area contributed by atoms with E-state index >= 15 is 0 Å². The minimum absolute atomic E-state index is 0.357. The van der Waals surface area contributed by atoms with Crippen LogP contribution in [0.3, 0.4) is 0 Å². The van der Waals surface area contributed by atoms with Gasteiger partial charge in [-0.25, -0.2) is 4.79 Å². The number of aliphatic hydroxyl groups is 1. The fourth-order valence-corrected chi connectivity index (χ4v) is 2.13. The van der Waals surface area contributed by atoms with Gasteiger partial charge in [0.05, 0.1) is 0 Å². The fraction of sp³-hybridized carbons (Fsp3) is 0.0526. The number of aliphatic carboxylic acids is 1. The molecule has 0 atom stereocenters. The number of ketones is 1. The molecule has 4 heteroatoms. The van der Waals surface area contributed by atoms with Crippen LogP contribution in [0.1, 0.15) is 22.3 Å². The van der Waals surface area contributed by atoms with Gasteiger partial charge in [0.15, 0.2) is 0 Å². The third-order valence-electron chi connectivity index (χ3n) is 3.39. The van der Waals surface area contributed by atoms with Gasteiger partial charge in [0.2, 0.25) is 0 Å². The third-order valence-corrected chi connectivity index (χ3v) is 3.39. The van der Waals surface area contributed by atoms with E-state index in [4.69, 9.17) is 5.11 Å². The number of hydrogen-bond donors (Lipinski definition) is 2. The van der Waals surface area contributed by atoms with Crippen molar-refractivity contribution in [1.29, 1.82) is 0 Å². The predicted molar refractivity (Wildman–Crippen MR) is 89.8 cm³/mol. The van der Waals surface area contributed by atoms with Crippen molar-refractivity contribution in [3.8, 4) is 0 Å². The molecule has 0 radical (unpaired) electrons. The molecular formula is C19H16O4. The lowest BCUT2D eigenvalue weighted by atomic mass is 9.99. The number of hydrogen-bond acceptors (Lipinski definition) is 3. The standard InChI is InChI=1S/C19H16O4/c1-13-15(11-10-14-6-3-2-4-7-14)8-5-9-16(13)17(20)12-18(21)19(22)23/h2-12,20H,1H3,(H,22,23)/b11-10+,17-12-. The fourth-order valence-electron chi connectivity index (χ4n) is 2.13. The Morgan fingerprint density at radius 2 is 1.61 bits per heavy atom. The van der Waals surface area contributed by atoms with Gasteiger partial charge in [-0.05, 0) is 23.6 Å². The molecule has 0 bridgehead atoms. The van der Waals surface area contributed by atoms with Gasteiger partial charge in [0.25, 0.3) is 5.78 Å². The largest absolute Gasteiger partial charge is 0.507 e. The second kappa shape index (κ2) is 7.22. The van der Waals surface area contributed by atoms with Crippen molar-refractivity contribution in [2.45, 2.75) is 6.92 Å². The first kappa shape index (κ1) is 16.2. The number of carbonyl (C=O) groups excluding carboxylic acids is 1. The molecule has 0 heterocycles. The molecule has 2 N–H and O–H groups in total. The summed E-state index contributed by atoms with van der Waals surface area (Å²) in [5, 5.41) is 18.6. The first-order valence-corrected chi connectivity index (χ1v) is 7.00. The maximum Gasteiger partial charge on any atom is 0.376 e. The van der Waals surface area contributed by atoms with Crippen LogP contribution in [0.4, 0.5) is 0 Å². The van der Waals surface area contributed by atoms with Crippen molar-refractivity contribution in [3.63, 3.8) is 0 Å². The smallest absolute Gasteiger partial charge is 0.376 e. The average molecular weight is 308 g/mol. The predicted octanol–water partition coefficient (Wildman–Crippen LogP) is 3.72. The maximum atomic E-state index is 11.2. The van der Waals surface area contributed by atoms with Crippen LogP contribution in [-0.4, -0.2) is 22.0 Å². The highest BCUT2D eigenvalue weighted by Gasteiger charge is 2.12. The van der Waals surface area contributed by atoms with Crippen molar-refractivity contribution < 1.29 is 19.8 Å². The summed E-state index contributed by atoms with van der Waals surface area (Å²) in [5.41, 5.74) is 3.09. The quantitative estimate of drug-likeness (QED) is 0.382. The van der Waals surface area contributed by atoms with Crippen LogP contribution in [0.25, 0.3) is 17.9 Å². The van der Waals surface area contributed by atoms with E-state index in [9.17, 15) is 14.7 Å². The molecule has 0 amide bonds. The van der Waals surface area contributed by atoms with Crippen LogP contribution in [0.15, 0.2) is 54.6 Å². The maximum absolute atomic E-state index is 11.2. The van der Waals surface area contributed by atoms with E-state index in [1.807, 2.05) is 48.6 Å². The lowest BCUT2D eigenvalue weighted by Gasteiger charge is -2.08. The van der Waals surface area contributed by atoms with Gasteiger partial charge in [-0.15, -0.1) is 0 Å². The molecule has 0 aromatic heterocycles. The zero-order valence-corrected chi connectivity index (χ0v) is 12.6. The molecule has 0 aliphatic carbocycles. The summed E-state index contributed by atoms with van der Waals surface area (Å²) >= 11 is 0. The first-order valence-electron chi connectivity index (χ1n) is 7.00. The van der Waals surface area contributed by atoms with E-state index in [0.29, 0.717) is 5.56 Å². The second-order valence-corrected chi connectivity index (χ2v) is 4.96. The number of benzene rings is 2. The molecule has 2 rings (SSSR count). The normalized spacial score (nSPS) is 11.6. The molecule has 2 aromatic rings. The number of rotatable bonds is 5. The van der Waals surface area contributed by atoms with Gasteiger partial charge in [-0.1, -0.05) is 60.7 Å². The molecule has 116 valence electrons. The van der Waals surface area contributed by atoms with E-state index < -0.39 is 11.8 Å². The van der Waals surface area contributed by atoms with Crippen molar-refractivity contribution in [1.82, 2.24) is 0 Å². The summed E-state index contributed by atoms with van der Waals surface area (Å²) in [6.07, 6.45) is 4.56. The van der Waals surface area contributed by atoms with Gasteiger partial charge >= 0.3 is 5.97 Å². The van der Waals surface area contributed by atoms with E-state index in [-0.39, 0.29) is 5.76 Å². The Morgan fingerprint density at radius 3 is 2.26 bits per heavy atom. The van der Waals surface area contributed by atoms with Crippen molar-refractivity contribution >= 4 is 29.7 Å². The molecule has 0 fully saturated rings. The number of aliphatic hydroxyl groups excluding tert-OH is 1. The Hall–Kier alpha value is -3.14. The second-order valence-electron chi connectivity index (χ2n) is 4.96. The van der Waals surface area contributed by atoms with Crippen LogP contribution in [0.5, 0.6) is 0 Å². The lowest BCUT2D eigenvalue weighted by Crippen LogP contribution is -2.09. The third kappa shape index (κ3) is 4.17. The van der Waals surface area contributed by atoms with Gasteiger partial charge in [-0.3, -0.25) is 4.79 Å². The lowest BCUT2D eigenvalue weighted by molar-refractivity contribution is -0.146. The van der Waals surface area contributed by atoms with Crippen molar-refractivity contribution in [3.05, 3.63) is 76.9 Å². The molecule has 0 spiro atoms. The van der Waals surface area contributed by atoms with E-state index in [0.717, 1.165) is 22.8 Å². The minimum atomic E-state index is -1.60. The SMILES string of the molecule is Cc1c(/C=C/c2ccccc2)cccc1/C(O)=C/C(=O)C(=O)O. The Morgan fingerprint density at radius 1 is 0.913 bits per heavy atom. The van der Waals surface area contributed by atoms with Crippen LogP contribution in [-0.2, 0) is 9.59 Å². The highest BCUT2D eigenvalue weighted by Crippen LogP contribution is 2.22. The summed E-state index contributed by atoms with van der Waals surface area (Å²) in [5.74, 6) is -3.12. The topological polar surface area (TPSA) is 74.6 Å². The van der Waals surface area contributed by atoms with Crippen LogP contribution in [0.2, 0.25) is 0 Å². The van der Waals surface area contributed by atoms with E-state index in [1.54, 1.807) is 19.1 Å². The summed E-state index contributed by atoms with van der Waals surface area (Å²) < 4.78 is 0. The molecule has 0 saturated heterocycles. The summed E-state index contributed by atoms with van der Waals surface area (Å²) in [4.78, 5) is 21.7. The molecule has 4 nitrogen and oxygen atoms in total. The monoisotopic (exact) mass is 308 g/mol. The van der Waals surface area contributed by atoms with Crippen LogP contribution in [0, 0.1) is 6.92 Å². The Labute approximate surface area is 134 Å². The Bertz CT molecular complexity index is 786. The van der Waals surface area contributed by atoms with Crippen LogP contribution >= 0.6 is 0 Å². The van der Waals surface area contributed by atoms with E-state index in [2.05, 4.69) is 0 Å². The molecule has 0 aliphatic rings. The molecule has 23 heavy (non-hydrogen) atoms. The molecule has 0 aliphatic heterocycles. The highest BCUT2D eigenvalue weighted by atomic mass is 16.4. The summed E-state index contributed by atoms with van der Waals surface area (Å²) in [6.45, 7) is 1.80. The van der Waals surface area contributed by atoms with Crippen molar-refractivity contribution in [2.75, 3.05) is 0 Å². The van der Waals surface area contributed by atoms with Gasteiger partial charge in [-0.2, -0.15) is 0 Å². The van der Waals surface area contributed by atoms with Crippen LogP contribution < -0.4 is 0 Å². The highest BCUT2D eigenvalue weighted by molar-refractivity contribution is 6.38. The van der Waals surface area contributed by atoms with Crippen molar-refractivity contribution in [2.24, 2.45) is 0 Å². The Balaban J connectivity index is 2.33.